The number of fused-ring (bicyclic) bond motifs is 3. The van der Waals surface area contributed by atoms with Crippen LogP contribution in [0.5, 0.6) is 6.01 Å². The van der Waals surface area contributed by atoms with Gasteiger partial charge in [0.25, 0.3) is 0 Å². The Hall–Kier alpha value is -4.16. The molecule has 3 aliphatic rings. The number of carbonyl (C=O) groups excluding carboxylic acids is 1. The second-order valence-corrected chi connectivity index (χ2v) is 14.3. The Morgan fingerprint density at radius 2 is 2.18 bits per heavy atom. The molecule has 0 saturated carbocycles. The Bertz CT molecular complexity index is 2020. The molecular formula is C34H35ClF2N8O3S. The standard InChI is InChI=1S/C34H35ClF2N8O3S/c1-4-25(46)45-11-8-23(24(45)16-47-3)43(2)32-21-14-40-28(19-6-7-22(37)30-26(19)20(13-38)31(39)49-30)27(35)29(21)41-33(42-32)48-17-34-9-5-10-44(34)15-18(36)12-34/h4,6-7,14,18,23-24H,1,5,8-12,15-17,39H2,2-3H3. The third kappa shape index (κ3) is 5.53. The van der Waals surface area contributed by atoms with E-state index >= 15 is 0 Å². The Labute approximate surface area is 290 Å². The first-order valence-corrected chi connectivity index (χ1v) is 17.2. The predicted octanol–water partition coefficient (Wildman–Crippen LogP) is 5.35. The van der Waals surface area contributed by atoms with Gasteiger partial charge in [-0.3, -0.25) is 14.7 Å². The Morgan fingerprint density at radius 3 is 2.94 bits per heavy atom. The summed E-state index contributed by atoms with van der Waals surface area (Å²) in [6.07, 6.45) is 4.73. The number of halogens is 3. The number of alkyl halides is 1. The number of hydrogen-bond acceptors (Lipinski definition) is 11. The summed E-state index contributed by atoms with van der Waals surface area (Å²) in [5, 5.41) is 11.1. The average molecular weight is 709 g/mol. The maximum atomic E-state index is 14.9. The van der Waals surface area contributed by atoms with Crippen molar-refractivity contribution in [3.63, 3.8) is 0 Å². The molecule has 3 aliphatic heterocycles. The zero-order chi connectivity index (χ0) is 34.6. The lowest BCUT2D eigenvalue weighted by Gasteiger charge is -2.34. The second-order valence-electron chi connectivity index (χ2n) is 12.9. The molecular weight excluding hydrogens is 674 g/mol. The molecule has 0 bridgehead atoms. The molecule has 2 N–H and O–H groups in total. The van der Waals surface area contributed by atoms with Gasteiger partial charge in [-0.25, -0.2) is 8.78 Å². The van der Waals surface area contributed by atoms with Crippen LogP contribution in [0.25, 0.3) is 32.2 Å². The predicted molar refractivity (Wildman–Crippen MR) is 185 cm³/mol. The number of anilines is 2. The molecule has 6 heterocycles. The van der Waals surface area contributed by atoms with Gasteiger partial charge in [-0.05, 0) is 44.0 Å². The summed E-state index contributed by atoms with van der Waals surface area (Å²) in [7, 11) is 3.46. The maximum Gasteiger partial charge on any atom is 0.319 e. The zero-order valence-corrected chi connectivity index (χ0v) is 28.7. The number of nitrogens with two attached hydrogens (primary N) is 1. The Kier molecular flexibility index (Phi) is 8.81. The monoisotopic (exact) mass is 708 g/mol. The molecule has 4 aromatic rings. The summed E-state index contributed by atoms with van der Waals surface area (Å²) < 4.78 is 41.6. The third-order valence-corrected chi connectivity index (χ3v) is 11.6. The van der Waals surface area contributed by atoms with Crippen molar-refractivity contribution in [2.24, 2.45) is 0 Å². The van der Waals surface area contributed by atoms with Crippen molar-refractivity contribution in [2.75, 3.05) is 57.6 Å². The quantitative estimate of drug-likeness (QED) is 0.227. The number of nitrogens with zero attached hydrogens (tertiary/aromatic N) is 7. The fourth-order valence-corrected chi connectivity index (χ4v) is 9.14. The number of likely N-dealkylation sites (tertiary alicyclic amines) is 1. The molecule has 3 saturated heterocycles. The largest absolute Gasteiger partial charge is 0.461 e. The number of rotatable bonds is 9. The maximum absolute atomic E-state index is 14.9. The van der Waals surface area contributed by atoms with E-state index in [1.807, 2.05) is 11.9 Å². The van der Waals surface area contributed by atoms with Crippen LogP contribution in [0.4, 0.5) is 19.6 Å². The van der Waals surface area contributed by atoms with Gasteiger partial charge in [-0.15, -0.1) is 11.3 Å². The third-order valence-electron chi connectivity index (χ3n) is 10.2. The highest BCUT2D eigenvalue weighted by Gasteiger charge is 2.49. The van der Waals surface area contributed by atoms with Crippen molar-refractivity contribution in [1.29, 1.82) is 5.26 Å². The van der Waals surface area contributed by atoms with Crippen LogP contribution in [-0.2, 0) is 9.53 Å². The highest BCUT2D eigenvalue weighted by molar-refractivity contribution is 7.23. The lowest BCUT2D eigenvalue weighted by Crippen LogP contribution is -2.48. The van der Waals surface area contributed by atoms with E-state index in [-0.39, 0.29) is 56.6 Å². The Balaban J connectivity index is 1.36. The van der Waals surface area contributed by atoms with E-state index in [1.54, 1.807) is 18.2 Å². The number of likely N-dealkylation sites (N-methyl/N-ethyl adjacent to an activating group) is 1. The van der Waals surface area contributed by atoms with Gasteiger partial charge in [-0.2, -0.15) is 15.2 Å². The topological polar surface area (TPSA) is 134 Å². The number of nitriles is 1. The van der Waals surface area contributed by atoms with Gasteiger partial charge in [-0.1, -0.05) is 18.2 Å². The minimum absolute atomic E-state index is 0.0546. The van der Waals surface area contributed by atoms with Crippen molar-refractivity contribution >= 4 is 60.7 Å². The minimum Gasteiger partial charge on any atom is -0.461 e. The number of nitrogen functional groups attached to an aromatic ring is 1. The van der Waals surface area contributed by atoms with Gasteiger partial charge >= 0.3 is 6.01 Å². The highest BCUT2D eigenvalue weighted by Crippen LogP contribution is 2.45. The number of aromatic nitrogens is 3. The Morgan fingerprint density at radius 1 is 1.37 bits per heavy atom. The van der Waals surface area contributed by atoms with Crippen LogP contribution >= 0.6 is 22.9 Å². The molecule has 1 amide bonds. The zero-order valence-electron chi connectivity index (χ0n) is 27.1. The van der Waals surface area contributed by atoms with Crippen LogP contribution in [0.2, 0.25) is 5.02 Å². The number of hydrogen-bond donors (Lipinski definition) is 1. The number of benzene rings is 1. The van der Waals surface area contributed by atoms with Crippen LogP contribution in [0.15, 0.2) is 31.0 Å². The number of carbonyl (C=O) groups is 1. The molecule has 1 aromatic carbocycles. The molecule has 7 rings (SSSR count). The van der Waals surface area contributed by atoms with Gasteiger partial charge in [0.1, 0.15) is 41.0 Å². The number of ether oxygens (including phenoxy) is 2. The summed E-state index contributed by atoms with van der Waals surface area (Å²) in [5.41, 5.74) is 6.85. The lowest BCUT2D eigenvalue weighted by molar-refractivity contribution is -0.127. The van der Waals surface area contributed by atoms with Gasteiger partial charge in [0, 0.05) is 50.8 Å². The summed E-state index contributed by atoms with van der Waals surface area (Å²) in [4.78, 5) is 33.0. The van der Waals surface area contributed by atoms with Crippen molar-refractivity contribution in [3.05, 3.63) is 47.4 Å². The molecule has 0 spiro atoms. The van der Waals surface area contributed by atoms with Gasteiger partial charge in [0.15, 0.2) is 0 Å². The smallest absolute Gasteiger partial charge is 0.319 e. The van der Waals surface area contributed by atoms with E-state index in [2.05, 4.69) is 17.5 Å². The first kappa shape index (κ1) is 33.3. The number of methoxy groups -OCH3 is 1. The fraction of sp³-hybridized carbons (Fsp3) is 0.441. The lowest BCUT2D eigenvalue weighted by atomic mass is 9.95. The van der Waals surface area contributed by atoms with Crippen LogP contribution in [0.1, 0.15) is 31.2 Å². The minimum atomic E-state index is -0.926. The normalized spacial score (nSPS) is 23.7. The van der Waals surface area contributed by atoms with E-state index in [0.29, 0.717) is 60.2 Å². The van der Waals surface area contributed by atoms with Crippen molar-refractivity contribution in [1.82, 2.24) is 24.8 Å². The van der Waals surface area contributed by atoms with E-state index in [4.69, 9.17) is 41.8 Å². The molecule has 49 heavy (non-hydrogen) atoms. The first-order valence-electron chi connectivity index (χ1n) is 16.0. The van der Waals surface area contributed by atoms with Gasteiger partial charge in [0.05, 0.1) is 50.6 Å². The molecule has 11 nitrogen and oxygen atoms in total. The van der Waals surface area contributed by atoms with E-state index in [1.165, 1.54) is 18.2 Å². The van der Waals surface area contributed by atoms with Crippen LogP contribution < -0.4 is 15.4 Å². The summed E-state index contributed by atoms with van der Waals surface area (Å²) in [5.74, 6) is -0.231. The molecule has 3 fully saturated rings. The first-order chi connectivity index (χ1) is 23.6. The molecule has 3 aromatic heterocycles. The molecule has 4 atom stereocenters. The van der Waals surface area contributed by atoms with Crippen LogP contribution in [0.3, 0.4) is 0 Å². The summed E-state index contributed by atoms with van der Waals surface area (Å²) in [6, 6.07) is 4.46. The van der Waals surface area contributed by atoms with Crippen molar-refractivity contribution in [2.45, 2.75) is 49.5 Å². The summed E-state index contributed by atoms with van der Waals surface area (Å²) in [6.45, 7) is 5.84. The summed E-state index contributed by atoms with van der Waals surface area (Å²) >= 11 is 8.14. The molecule has 4 unspecified atom stereocenters. The SMILES string of the molecule is C=CC(=O)N1CCC(N(C)c2nc(OCC34CCCN3CC(F)C4)nc3c(Cl)c(-c4ccc(F)c5sc(N)c(C#N)c45)ncc23)C1COC. The van der Waals surface area contributed by atoms with E-state index in [9.17, 15) is 18.8 Å². The molecule has 15 heteroatoms. The molecule has 256 valence electrons. The molecule has 0 radical (unpaired) electrons. The number of pyridine rings is 1. The van der Waals surface area contributed by atoms with Crippen LogP contribution in [0, 0.1) is 17.1 Å². The average Bonchev–Trinajstić information content (AvgIpc) is 3.85. The molecule has 0 aliphatic carbocycles. The van der Waals surface area contributed by atoms with Gasteiger partial charge in [0.2, 0.25) is 5.91 Å². The van der Waals surface area contributed by atoms with Crippen LogP contribution in [-0.4, -0.2) is 101 Å². The highest BCUT2D eigenvalue weighted by atomic mass is 35.5. The van der Waals surface area contributed by atoms with Crippen molar-refractivity contribution in [3.8, 4) is 23.3 Å². The number of amides is 1. The van der Waals surface area contributed by atoms with E-state index in [0.717, 1.165) is 30.7 Å². The van der Waals surface area contributed by atoms with E-state index < -0.39 is 17.5 Å². The second kappa shape index (κ2) is 12.9. The van der Waals surface area contributed by atoms with Crippen molar-refractivity contribution < 1.29 is 23.0 Å². The van der Waals surface area contributed by atoms with Gasteiger partial charge < -0.3 is 25.0 Å². The number of thiophene rings is 1. The fourth-order valence-electron chi connectivity index (χ4n) is 7.90.